The molecule has 3 unspecified atom stereocenters. The van der Waals surface area contributed by atoms with Crippen LogP contribution in [0.5, 0.6) is 0 Å². The summed E-state index contributed by atoms with van der Waals surface area (Å²) in [6.45, 7) is 2.90. The number of rotatable bonds is 2. The summed E-state index contributed by atoms with van der Waals surface area (Å²) < 4.78 is 10.9. The first-order valence-electron chi connectivity index (χ1n) is 4.17. The van der Waals surface area contributed by atoms with Crippen molar-refractivity contribution in [2.45, 2.75) is 44.5 Å². The Hall–Kier alpha value is -0.0800. The van der Waals surface area contributed by atoms with E-state index in [-0.39, 0.29) is 0 Å². The molecular weight excluding hydrogens is 128 g/mol. The number of fused-ring (bicyclic) bond motifs is 1. The van der Waals surface area contributed by atoms with E-state index in [1.54, 1.807) is 0 Å². The molecule has 0 N–H and O–H groups in total. The van der Waals surface area contributed by atoms with Crippen LogP contribution in [0, 0.1) is 0 Å². The van der Waals surface area contributed by atoms with Crippen LogP contribution in [0.4, 0.5) is 0 Å². The molecule has 0 spiro atoms. The molecule has 1 saturated heterocycles. The van der Waals surface area contributed by atoms with Gasteiger partial charge in [0.05, 0.1) is 18.3 Å². The van der Waals surface area contributed by atoms with E-state index in [0.717, 1.165) is 13.0 Å². The van der Waals surface area contributed by atoms with Crippen molar-refractivity contribution >= 4 is 0 Å². The Labute approximate surface area is 61.5 Å². The maximum absolute atomic E-state index is 5.50. The van der Waals surface area contributed by atoms with Crippen LogP contribution >= 0.6 is 0 Å². The number of hydrogen-bond donors (Lipinski definition) is 0. The molecule has 3 atom stereocenters. The van der Waals surface area contributed by atoms with Gasteiger partial charge in [-0.15, -0.1) is 0 Å². The van der Waals surface area contributed by atoms with Gasteiger partial charge in [-0.25, -0.2) is 0 Å². The van der Waals surface area contributed by atoms with Gasteiger partial charge in [-0.05, 0) is 19.8 Å². The lowest BCUT2D eigenvalue weighted by molar-refractivity contribution is 0.0417. The van der Waals surface area contributed by atoms with Gasteiger partial charge in [-0.2, -0.15) is 0 Å². The summed E-state index contributed by atoms with van der Waals surface area (Å²) in [7, 11) is 0. The van der Waals surface area contributed by atoms with Crippen LogP contribution in [0.25, 0.3) is 0 Å². The lowest BCUT2D eigenvalue weighted by Gasteiger charge is -2.18. The second-order valence-electron chi connectivity index (χ2n) is 3.10. The molecule has 1 saturated carbocycles. The predicted octanol–water partition coefficient (Wildman–Crippen LogP) is 1.34. The van der Waals surface area contributed by atoms with Gasteiger partial charge < -0.3 is 9.47 Å². The summed E-state index contributed by atoms with van der Waals surface area (Å²) in [6, 6.07) is 0. The van der Waals surface area contributed by atoms with Crippen molar-refractivity contribution in [1.82, 2.24) is 0 Å². The zero-order valence-electron chi connectivity index (χ0n) is 6.38. The van der Waals surface area contributed by atoms with Crippen molar-refractivity contribution in [3.63, 3.8) is 0 Å². The van der Waals surface area contributed by atoms with Gasteiger partial charge in [-0.1, -0.05) is 0 Å². The third-order valence-electron chi connectivity index (χ3n) is 2.36. The minimum Gasteiger partial charge on any atom is -0.378 e. The van der Waals surface area contributed by atoms with Crippen molar-refractivity contribution < 1.29 is 9.47 Å². The van der Waals surface area contributed by atoms with E-state index in [1.165, 1.54) is 12.8 Å². The average molecular weight is 142 g/mol. The third-order valence-corrected chi connectivity index (χ3v) is 2.36. The molecule has 2 heteroatoms. The van der Waals surface area contributed by atoms with Gasteiger partial charge >= 0.3 is 0 Å². The smallest absolute Gasteiger partial charge is 0.0866 e. The molecule has 0 aromatic rings. The van der Waals surface area contributed by atoms with Crippen LogP contribution in [0.2, 0.25) is 0 Å². The third kappa shape index (κ3) is 1.18. The van der Waals surface area contributed by atoms with Crippen molar-refractivity contribution in [3.05, 3.63) is 0 Å². The molecule has 0 aromatic heterocycles. The fraction of sp³-hybridized carbons (Fsp3) is 1.00. The highest BCUT2D eigenvalue weighted by atomic mass is 16.6. The Morgan fingerprint density at radius 3 is 3.00 bits per heavy atom. The van der Waals surface area contributed by atoms with Gasteiger partial charge in [0.1, 0.15) is 0 Å². The molecule has 0 bridgehead atoms. The van der Waals surface area contributed by atoms with Crippen LogP contribution in [0.15, 0.2) is 0 Å². The molecule has 1 aliphatic carbocycles. The average Bonchev–Trinajstić information content (AvgIpc) is 2.66. The van der Waals surface area contributed by atoms with Crippen LogP contribution in [0.1, 0.15) is 26.2 Å². The van der Waals surface area contributed by atoms with E-state index in [0.29, 0.717) is 18.3 Å². The first kappa shape index (κ1) is 6.62. The van der Waals surface area contributed by atoms with Crippen molar-refractivity contribution in [3.8, 4) is 0 Å². The molecule has 0 aromatic carbocycles. The molecule has 1 heterocycles. The minimum absolute atomic E-state index is 0.494. The van der Waals surface area contributed by atoms with Gasteiger partial charge in [0, 0.05) is 13.0 Å². The Kier molecular flexibility index (Phi) is 1.66. The quantitative estimate of drug-likeness (QED) is 0.543. The molecule has 0 amide bonds. The van der Waals surface area contributed by atoms with Gasteiger partial charge in [0.2, 0.25) is 0 Å². The topological polar surface area (TPSA) is 21.8 Å². The fourth-order valence-corrected chi connectivity index (χ4v) is 1.75. The number of hydrogen-bond acceptors (Lipinski definition) is 2. The molecule has 2 aliphatic rings. The van der Waals surface area contributed by atoms with Crippen LogP contribution in [-0.4, -0.2) is 24.9 Å². The maximum Gasteiger partial charge on any atom is 0.0866 e. The predicted molar refractivity (Wildman–Crippen MR) is 37.9 cm³/mol. The van der Waals surface area contributed by atoms with Gasteiger partial charge in [0.15, 0.2) is 0 Å². The number of ether oxygens (including phenoxy) is 2. The van der Waals surface area contributed by atoms with E-state index >= 15 is 0 Å². The summed E-state index contributed by atoms with van der Waals surface area (Å²) in [6.07, 6.45) is 5.22. The van der Waals surface area contributed by atoms with E-state index in [2.05, 4.69) is 6.92 Å². The first-order valence-corrected chi connectivity index (χ1v) is 4.17. The molecule has 2 fully saturated rings. The highest BCUT2D eigenvalue weighted by Gasteiger charge is 2.43. The molecule has 1 aliphatic heterocycles. The molecule has 10 heavy (non-hydrogen) atoms. The summed E-state index contributed by atoms with van der Waals surface area (Å²) >= 11 is 0. The van der Waals surface area contributed by atoms with E-state index in [9.17, 15) is 0 Å². The Balaban J connectivity index is 1.77. The highest BCUT2D eigenvalue weighted by Crippen LogP contribution is 2.37. The first-order chi connectivity index (χ1) is 4.90. The van der Waals surface area contributed by atoms with E-state index in [4.69, 9.17) is 9.47 Å². The van der Waals surface area contributed by atoms with Crippen LogP contribution < -0.4 is 0 Å². The SMILES string of the molecule is CCOC1CCC2OC2C1. The van der Waals surface area contributed by atoms with Gasteiger partial charge in [0.25, 0.3) is 0 Å². The van der Waals surface area contributed by atoms with Crippen LogP contribution in [0.3, 0.4) is 0 Å². The number of epoxide rings is 1. The Morgan fingerprint density at radius 2 is 2.30 bits per heavy atom. The zero-order chi connectivity index (χ0) is 6.97. The highest BCUT2D eigenvalue weighted by molar-refractivity contribution is 4.92. The molecule has 58 valence electrons. The minimum atomic E-state index is 0.494. The molecule has 2 rings (SSSR count). The summed E-state index contributed by atoms with van der Waals surface area (Å²) in [5, 5.41) is 0. The van der Waals surface area contributed by atoms with Crippen LogP contribution in [-0.2, 0) is 9.47 Å². The molecule has 0 radical (unpaired) electrons. The second kappa shape index (κ2) is 2.51. The fourth-order valence-electron chi connectivity index (χ4n) is 1.75. The van der Waals surface area contributed by atoms with Gasteiger partial charge in [-0.3, -0.25) is 0 Å². The normalized spacial score (nSPS) is 44.7. The lowest BCUT2D eigenvalue weighted by Crippen LogP contribution is -2.21. The summed E-state index contributed by atoms with van der Waals surface area (Å²) in [4.78, 5) is 0. The standard InChI is InChI=1S/C8H14O2/c1-2-9-6-3-4-7-8(5-6)10-7/h6-8H,2-5H2,1H3. The van der Waals surface area contributed by atoms with Crippen molar-refractivity contribution in [2.75, 3.05) is 6.61 Å². The molecular formula is C8H14O2. The van der Waals surface area contributed by atoms with Crippen molar-refractivity contribution in [1.29, 1.82) is 0 Å². The Bertz CT molecular complexity index is 124. The lowest BCUT2D eigenvalue weighted by atomic mass is 9.98. The second-order valence-corrected chi connectivity index (χ2v) is 3.10. The summed E-state index contributed by atoms with van der Waals surface area (Å²) in [5.74, 6) is 0. The Morgan fingerprint density at radius 1 is 1.40 bits per heavy atom. The zero-order valence-corrected chi connectivity index (χ0v) is 6.38. The van der Waals surface area contributed by atoms with E-state index in [1.807, 2.05) is 0 Å². The largest absolute Gasteiger partial charge is 0.378 e. The monoisotopic (exact) mass is 142 g/mol. The van der Waals surface area contributed by atoms with E-state index < -0.39 is 0 Å². The van der Waals surface area contributed by atoms with Crippen molar-refractivity contribution in [2.24, 2.45) is 0 Å². The maximum atomic E-state index is 5.50. The molecule has 2 nitrogen and oxygen atoms in total. The summed E-state index contributed by atoms with van der Waals surface area (Å²) in [5.41, 5.74) is 0.